The molecule has 1 aliphatic rings. The summed E-state index contributed by atoms with van der Waals surface area (Å²) in [5, 5.41) is 14.3. The van der Waals surface area contributed by atoms with E-state index in [1.54, 1.807) is 0 Å². The van der Waals surface area contributed by atoms with E-state index < -0.39 is 14.9 Å². The molecule has 1 aromatic carbocycles. The smallest absolute Gasteiger partial charge is 0.275 e. The van der Waals surface area contributed by atoms with E-state index >= 15 is 0 Å². The van der Waals surface area contributed by atoms with E-state index in [0.29, 0.717) is 0 Å². The lowest BCUT2D eigenvalue weighted by Gasteiger charge is -2.34. The molecule has 23 heavy (non-hydrogen) atoms. The summed E-state index contributed by atoms with van der Waals surface area (Å²) in [6.45, 7) is 5.50. The second-order valence-electron chi connectivity index (χ2n) is 6.19. The van der Waals surface area contributed by atoms with Crippen molar-refractivity contribution in [1.82, 2.24) is 10.0 Å². The molecule has 1 aromatic rings. The SMILES string of the molecule is Cc1c(Cl)cc(S(=O)(=O)NCC2(C)CCNCC2)cc1[N+](=O)[O-]. The number of nitro groups is 1. The maximum absolute atomic E-state index is 12.4. The van der Waals surface area contributed by atoms with Gasteiger partial charge in [0.05, 0.1) is 14.8 Å². The number of hydrogen-bond acceptors (Lipinski definition) is 5. The number of nitro benzene ring substituents is 1. The van der Waals surface area contributed by atoms with E-state index in [1.165, 1.54) is 13.0 Å². The van der Waals surface area contributed by atoms with E-state index in [1.807, 2.05) is 6.92 Å². The van der Waals surface area contributed by atoms with Crippen molar-refractivity contribution in [3.63, 3.8) is 0 Å². The van der Waals surface area contributed by atoms with Crippen LogP contribution in [0.2, 0.25) is 5.02 Å². The number of sulfonamides is 1. The van der Waals surface area contributed by atoms with Gasteiger partial charge >= 0.3 is 0 Å². The average molecular weight is 362 g/mol. The lowest BCUT2D eigenvalue weighted by atomic mass is 9.81. The Morgan fingerprint density at radius 3 is 2.57 bits per heavy atom. The molecule has 0 spiro atoms. The zero-order valence-corrected chi connectivity index (χ0v) is 14.6. The summed E-state index contributed by atoms with van der Waals surface area (Å²) < 4.78 is 27.5. The Hall–Kier alpha value is -1.22. The van der Waals surface area contributed by atoms with Gasteiger partial charge in [-0.05, 0) is 44.3 Å². The second-order valence-corrected chi connectivity index (χ2v) is 8.37. The Bertz CT molecular complexity index is 715. The molecule has 0 atom stereocenters. The Labute approximate surface area is 140 Å². The summed E-state index contributed by atoms with van der Waals surface area (Å²) >= 11 is 5.94. The van der Waals surface area contributed by atoms with Gasteiger partial charge in [-0.3, -0.25) is 10.1 Å². The largest absolute Gasteiger partial charge is 0.317 e. The van der Waals surface area contributed by atoms with Crippen molar-refractivity contribution in [1.29, 1.82) is 0 Å². The van der Waals surface area contributed by atoms with Crippen molar-refractivity contribution in [2.24, 2.45) is 5.41 Å². The van der Waals surface area contributed by atoms with Crippen LogP contribution in [0.5, 0.6) is 0 Å². The molecule has 9 heteroatoms. The van der Waals surface area contributed by atoms with Crippen LogP contribution in [0.15, 0.2) is 17.0 Å². The van der Waals surface area contributed by atoms with Crippen molar-refractivity contribution in [2.75, 3.05) is 19.6 Å². The first kappa shape index (κ1) is 18.1. The zero-order valence-electron chi connectivity index (χ0n) is 13.1. The second kappa shape index (κ2) is 6.72. The van der Waals surface area contributed by atoms with Crippen LogP contribution >= 0.6 is 11.6 Å². The summed E-state index contributed by atoms with van der Waals surface area (Å²) in [6.07, 6.45) is 1.73. The fourth-order valence-corrected chi connectivity index (χ4v) is 4.07. The first-order chi connectivity index (χ1) is 10.6. The Morgan fingerprint density at radius 2 is 2.00 bits per heavy atom. The molecule has 0 saturated carbocycles. The molecule has 0 bridgehead atoms. The minimum absolute atomic E-state index is 0.0626. The normalized spacial score (nSPS) is 17.9. The van der Waals surface area contributed by atoms with Gasteiger partial charge in [-0.1, -0.05) is 18.5 Å². The maximum atomic E-state index is 12.4. The van der Waals surface area contributed by atoms with Gasteiger partial charge in [0, 0.05) is 18.2 Å². The molecule has 0 amide bonds. The fourth-order valence-electron chi connectivity index (χ4n) is 2.54. The van der Waals surface area contributed by atoms with Gasteiger partial charge in [-0.15, -0.1) is 0 Å². The molecule has 1 fully saturated rings. The van der Waals surface area contributed by atoms with Crippen LogP contribution in [-0.2, 0) is 10.0 Å². The van der Waals surface area contributed by atoms with Gasteiger partial charge in [0.1, 0.15) is 0 Å². The summed E-state index contributed by atoms with van der Waals surface area (Å²) in [5.74, 6) is 0. The van der Waals surface area contributed by atoms with Crippen LogP contribution < -0.4 is 10.0 Å². The van der Waals surface area contributed by atoms with Gasteiger partial charge in [0.2, 0.25) is 10.0 Å². The van der Waals surface area contributed by atoms with Gasteiger partial charge in [-0.2, -0.15) is 0 Å². The molecule has 1 aliphatic heterocycles. The summed E-state index contributed by atoms with van der Waals surface area (Å²) in [5.41, 5.74) is -0.175. The molecule has 7 nitrogen and oxygen atoms in total. The fraction of sp³-hybridized carbons (Fsp3) is 0.571. The van der Waals surface area contributed by atoms with Crippen LogP contribution in [-0.4, -0.2) is 33.0 Å². The van der Waals surface area contributed by atoms with Crippen molar-refractivity contribution in [3.05, 3.63) is 32.8 Å². The predicted octanol–water partition coefficient (Wildman–Crippen LogP) is 2.22. The number of nitrogens with zero attached hydrogens (tertiary/aromatic N) is 1. The van der Waals surface area contributed by atoms with Crippen molar-refractivity contribution in [2.45, 2.75) is 31.6 Å². The highest BCUT2D eigenvalue weighted by Gasteiger charge is 2.29. The number of piperidine rings is 1. The zero-order chi connectivity index (χ0) is 17.3. The highest BCUT2D eigenvalue weighted by atomic mass is 35.5. The van der Waals surface area contributed by atoms with Crippen LogP contribution in [0.1, 0.15) is 25.3 Å². The van der Waals surface area contributed by atoms with Gasteiger partial charge in [0.15, 0.2) is 0 Å². The first-order valence-electron chi connectivity index (χ1n) is 7.30. The molecular formula is C14H20ClN3O4S. The third-order valence-electron chi connectivity index (χ3n) is 4.30. The molecule has 1 heterocycles. The molecule has 0 unspecified atom stereocenters. The molecule has 2 rings (SSSR count). The molecule has 2 N–H and O–H groups in total. The average Bonchev–Trinajstić information content (AvgIpc) is 2.48. The lowest BCUT2D eigenvalue weighted by Crippen LogP contribution is -2.42. The third kappa shape index (κ3) is 4.20. The Balaban J connectivity index is 2.24. The maximum Gasteiger partial charge on any atom is 0.275 e. The van der Waals surface area contributed by atoms with E-state index in [2.05, 4.69) is 10.0 Å². The molecule has 128 valence electrons. The molecule has 1 saturated heterocycles. The van der Waals surface area contributed by atoms with E-state index in [4.69, 9.17) is 11.6 Å². The number of rotatable bonds is 5. The lowest BCUT2D eigenvalue weighted by molar-refractivity contribution is -0.385. The molecule has 0 aromatic heterocycles. The van der Waals surface area contributed by atoms with E-state index in [9.17, 15) is 18.5 Å². The monoisotopic (exact) mass is 361 g/mol. The number of nitrogens with one attached hydrogen (secondary N) is 2. The van der Waals surface area contributed by atoms with Crippen LogP contribution in [0.4, 0.5) is 5.69 Å². The Morgan fingerprint density at radius 1 is 1.39 bits per heavy atom. The highest BCUT2D eigenvalue weighted by Crippen LogP contribution is 2.31. The first-order valence-corrected chi connectivity index (χ1v) is 9.16. The van der Waals surface area contributed by atoms with Crippen LogP contribution in [0.25, 0.3) is 0 Å². The topological polar surface area (TPSA) is 101 Å². The minimum Gasteiger partial charge on any atom is -0.317 e. The Kier molecular flexibility index (Phi) is 5.30. The third-order valence-corrected chi connectivity index (χ3v) is 6.07. The summed E-state index contributed by atoms with van der Waals surface area (Å²) in [7, 11) is -3.85. The summed E-state index contributed by atoms with van der Waals surface area (Å²) in [4.78, 5) is 10.2. The van der Waals surface area contributed by atoms with Crippen LogP contribution in [0.3, 0.4) is 0 Å². The number of hydrogen-bond donors (Lipinski definition) is 2. The predicted molar refractivity (Wildman–Crippen MR) is 88.2 cm³/mol. The van der Waals surface area contributed by atoms with Crippen molar-refractivity contribution >= 4 is 27.3 Å². The highest BCUT2D eigenvalue weighted by molar-refractivity contribution is 7.89. The standard InChI is InChI=1S/C14H20ClN3O4S/c1-10-12(15)7-11(8-13(10)18(19)20)23(21,22)17-9-14(2)3-5-16-6-4-14/h7-8,16-17H,3-6,9H2,1-2H3. The summed E-state index contributed by atoms with van der Waals surface area (Å²) in [6, 6.07) is 2.30. The van der Waals surface area contributed by atoms with E-state index in [0.717, 1.165) is 32.0 Å². The number of halogens is 1. The van der Waals surface area contributed by atoms with Gasteiger partial charge < -0.3 is 5.32 Å². The van der Waals surface area contributed by atoms with Crippen molar-refractivity contribution in [3.8, 4) is 0 Å². The molecular weight excluding hydrogens is 342 g/mol. The van der Waals surface area contributed by atoms with Gasteiger partial charge in [0.25, 0.3) is 5.69 Å². The van der Waals surface area contributed by atoms with Gasteiger partial charge in [-0.25, -0.2) is 13.1 Å². The van der Waals surface area contributed by atoms with Crippen LogP contribution in [0, 0.1) is 22.5 Å². The quantitative estimate of drug-likeness (QED) is 0.618. The minimum atomic E-state index is -3.85. The number of benzene rings is 1. The molecule has 0 aliphatic carbocycles. The molecule has 0 radical (unpaired) electrons. The van der Waals surface area contributed by atoms with E-state index in [-0.39, 0.29) is 33.1 Å². The van der Waals surface area contributed by atoms with Crippen molar-refractivity contribution < 1.29 is 13.3 Å².